The van der Waals surface area contributed by atoms with Gasteiger partial charge in [0.25, 0.3) is 5.91 Å². The first-order chi connectivity index (χ1) is 17.6. The molecule has 0 bridgehead atoms. The molecule has 3 amide bonds. The van der Waals surface area contributed by atoms with Gasteiger partial charge in [-0.15, -0.1) is 0 Å². The number of likely N-dealkylation sites (N-methyl/N-ethyl adjacent to an activating group) is 1. The molecular weight excluding hydrogens is 472 g/mol. The lowest BCUT2D eigenvalue weighted by molar-refractivity contribution is 0.0341. The number of hydrogen-bond acceptors (Lipinski definition) is 6. The Balaban J connectivity index is 1.85. The van der Waals surface area contributed by atoms with Gasteiger partial charge in [-0.3, -0.25) is 9.69 Å². The van der Waals surface area contributed by atoms with Gasteiger partial charge in [-0.25, -0.2) is 4.79 Å². The van der Waals surface area contributed by atoms with Crippen LogP contribution in [0.3, 0.4) is 0 Å². The standard InChI is InChI=1S/C28H40N4O5/c1-18(2)29-28(35)30-22-9-12-25-24(13-22)27(34)32(20(4)17-33)14-19(3)26(37-25)16-31(5)15-21-7-10-23(36-6)11-8-21/h7-13,18-20,26,33H,14-17H2,1-6H3,(H2,29,30,35)/t19-,20-,26-/m0/s1. The van der Waals surface area contributed by atoms with E-state index in [1.165, 1.54) is 0 Å². The zero-order valence-electron chi connectivity index (χ0n) is 22.7. The molecule has 3 atom stereocenters. The number of hydrogen-bond donors (Lipinski definition) is 3. The second-order valence-electron chi connectivity index (χ2n) is 10.1. The molecule has 0 aromatic heterocycles. The molecule has 3 N–H and O–H groups in total. The first-order valence-electron chi connectivity index (χ1n) is 12.7. The van der Waals surface area contributed by atoms with E-state index < -0.39 is 0 Å². The number of anilines is 1. The number of aliphatic hydroxyl groups excluding tert-OH is 1. The largest absolute Gasteiger partial charge is 0.497 e. The first kappa shape index (κ1) is 28.3. The lowest BCUT2D eigenvalue weighted by atomic mass is 9.99. The number of ether oxygens (including phenoxy) is 2. The molecule has 1 heterocycles. The van der Waals surface area contributed by atoms with Crippen LogP contribution in [0, 0.1) is 5.92 Å². The smallest absolute Gasteiger partial charge is 0.319 e. The van der Waals surface area contributed by atoms with Crippen molar-refractivity contribution in [2.45, 2.75) is 52.4 Å². The summed E-state index contributed by atoms with van der Waals surface area (Å²) in [5.41, 5.74) is 2.01. The van der Waals surface area contributed by atoms with Crippen molar-refractivity contribution in [2.24, 2.45) is 5.92 Å². The van der Waals surface area contributed by atoms with Crippen molar-refractivity contribution in [2.75, 3.05) is 39.2 Å². The summed E-state index contributed by atoms with van der Waals surface area (Å²) in [5.74, 6) is 1.06. The predicted molar refractivity (Wildman–Crippen MR) is 144 cm³/mol. The molecule has 2 aromatic carbocycles. The minimum atomic E-state index is -0.362. The Labute approximate surface area is 219 Å². The molecule has 0 saturated heterocycles. The second-order valence-corrected chi connectivity index (χ2v) is 10.1. The van der Waals surface area contributed by atoms with Crippen LogP contribution >= 0.6 is 0 Å². The van der Waals surface area contributed by atoms with Gasteiger partial charge in [-0.2, -0.15) is 0 Å². The highest BCUT2D eigenvalue weighted by Gasteiger charge is 2.33. The van der Waals surface area contributed by atoms with Crippen molar-refractivity contribution in [1.82, 2.24) is 15.1 Å². The SMILES string of the molecule is COc1ccc(CN(C)C[C@@H]2Oc3ccc(NC(=O)NC(C)C)cc3C(=O)N([C@@H](C)CO)C[C@@H]2C)cc1. The van der Waals surface area contributed by atoms with Crippen molar-refractivity contribution in [1.29, 1.82) is 0 Å². The molecule has 1 aliphatic rings. The molecule has 2 aromatic rings. The molecule has 1 aliphatic heterocycles. The Morgan fingerprint density at radius 1 is 1.22 bits per heavy atom. The Kier molecular flexibility index (Phi) is 9.77. The van der Waals surface area contributed by atoms with Crippen LogP contribution in [0.5, 0.6) is 11.5 Å². The second kappa shape index (κ2) is 12.8. The summed E-state index contributed by atoms with van der Waals surface area (Å²) >= 11 is 0. The van der Waals surface area contributed by atoms with E-state index in [4.69, 9.17) is 9.47 Å². The Morgan fingerprint density at radius 3 is 2.54 bits per heavy atom. The van der Waals surface area contributed by atoms with Gasteiger partial charge in [0.05, 0.1) is 25.3 Å². The number of aliphatic hydroxyl groups is 1. The van der Waals surface area contributed by atoms with Crippen LogP contribution in [0.4, 0.5) is 10.5 Å². The van der Waals surface area contributed by atoms with Crippen LogP contribution < -0.4 is 20.1 Å². The normalized spacial score (nSPS) is 18.5. The Bertz CT molecular complexity index is 1060. The fourth-order valence-corrected chi connectivity index (χ4v) is 4.36. The lowest BCUT2D eigenvalue weighted by Gasteiger charge is -2.38. The topological polar surface area (TPSA) is 103 Å². The maximum Gasteiger partial charge on any atom is 0.319 e. The quantitative estimate of drug-likeness (QED) is 0.475. The number of benzene rings is 2. The highest BCUT2D eigenvalue weighted by molar-refractivity contribution is 5.99. The molecule has 9 heteroatoms. The number of nitrogens with one attached hydrogen (secondary N) is 2. The molecule has 0 aliphatic carbocycles. The average Bonchev–Trinajstić information content (AvgIpc) is 2.86. The Morgan fingerprint density at radius 2 is 1.92 bits per heavy atom. The van der Waals surface area contributed by atoms with Crippen LogP contribution in [-0.2, 0) is 6.54 Å². The van der Waals surface area contributed by atoms with Gasteiger partial charge in [0.15, 0.2) is 0 Å². The van der Waals surface area contributed by atoms with Crippen LogP contribution in [0.15, 0.2) is 42.5 Å². The van der Waals surface area contributed by atoms with E-state index in [0.29, 0.717) is 30.1 Å². The van der Waals surface area contributed by atoms with Gasteiger partial charge in [0.1, 0.15) is 17.6 Å². The average molecular weight is 513 g/mol. The van der Waals surface area contributed by atoms with Crippen LogP contribution in [0.1, 0.15) is 43.6 Å². The molecular formula is C28H40N4O5. The number of urea groups is 1. The zero-order valence-corrected chi connectivity index (χ0v) is 22.7. The summed E-state index contributed by atoms with van der Waals surface area (Å²) in [6, 6.07) is 12.4. The van der Waals surface area contributed by atoms with E-state index in [2.05, 4.69) is 22.5 Å². The molecule has 0 fully saturated rings. The van der Waals surface area contributed by atoms with E-state index in [9.17, 15) is 14.7 Å². The zero-order chi connectivity index (χ0) is 27.1. The maximum atomic E-state index is 13.6. The molecule has 0 saturated carbocycles. The van der Waals surface area contributed by atoms with E-state index in [0.717, 1.165) is 17.9 Å². The van der Waals surface area contributed by atoms with Gasteiger partial charge >= 0.3 is 6.03 Å². The predicted octanol–water partition coefficient (Wildman–Crippen LogP) is 3.58. The first-order valence-corrected chi connectivity index (χ1v) is 12.7. The highest BCUT2D eigenvalue weighted by atomic mass is 16.5. The minimum absolute atomic E-state index is 0.0130. The molecule has 0 unspecified atom stereocenters. The lowest BCUT2D eigenvalue weighted by Crippen LogP contribution is -2.49. The number of rotatable bonds is 9. The molecule has 0 spiro atoms. The van der Waals surface area contributed by atoms with Gasteiger partial charge < -0.3 is 30.1 Å². The third-order valence-electron chi connectivity index (χ3n) is 6.45. The monoisotopic (exact) mass is 512 g/mol. The van der Waals surface area contributed by atoms with Gasteiger partial charge in [0.2, 0.25) is 0 Å². The van der Waals surface area contributed by atoms with Crippen molar-refractivity contribution in [3.05, 3.63) is 53.6 Å². The van der Waals surface area contributed by atoms with Crippen LogP contribution in [0.2, 0.25) is 0 Å². The molecule has 202 valence electrons. The molecule has 0 radical (unpaired) electrons. The fraction of sp³-hybridized carbons (Fsp3) is 0.500. The van der Waals surface area contributed by atoms with Gasteiger partial charge in [-0.05, 0) is 63.7 Å². The van der Waals surface area contributed by atoms with Crippen LogP contribution in [0.25, 0.3) is 0 Å². The molecule has 37 heavy (non-hydrogen) atoms. The number of nitrogens with zero attached hydrogens (tertiary/aromatic N) is 2. The number of carbonyl (C=O) groups excluding carboxylic acids is 2. The number of amides is 3. The van der Waals surface area contributed by atoms with E-state index in [1.807, 2.05) is 52.1 Å². The van der Waals surface area contributed by atoms with Crippen molar-refractivity contribution in [3.8, 4) is 11.5 Å². The van der Waals surface area contributed by atoms with Crippen LogP contribution in [-0.4, -0.2) is 78.9 Å². The van der Waals surface area contributed by atoms with Gasteiger partial charge in [-0.1, -0.05) is 19.1 Å². The summed E-state index contributed by atoms with van der Waals surface area (Å²) in [6.45, 7) is 9.30. The summed E-state index contributed by atoms with van der Waals surface area (Å²) in [4.78, 5) is 29.7. The Hall–Kier alpha value is -3.30. The third-order valence-corrected chi connectivity index (χ3v) is 6.45. The molecule has 3 rings (SSSR count). The summed E-state index contributed by atoms with van der Waals surface area (Å²) in [7, 11) is 3.69. The van der Waals surface area contributed by atoms with E-state index in [1.54, 1.807) is 30.2 Å². The van der Waals surface area contributed by atoms with E-state index >= 15 is 0 Å². The number of fused-ring (bicyclic) bond motifs is 1. The minimum Gasteiger partial charge on any atom is -0.497 e. The maximum absolute atomic E-state index is 13.6. The molecule has 9 nitrogen and oxygen atoms in total. The highest BCUT2D eigenvalue weighted by Crippen LogP contribution is 2.31. The van der Waals surface area contributed by atoms with Gasteiger partial charge in [0, 0.05) is 37.3 Å². The van der Waals surface area contributed by atoms with Crippen molar-refractivity contribution >= 4 is 17.6 Å². The number of carbonyl (C=O) groups is 2. The van der Waals surface area contributed by atoms with E-state index in [-0.39, 0.29) is 42.7 Å². The number of methoxy groups -OCH3 is 1. The fourth-order valence-electron chi connectivity index (χ4n) is 4.36. The third kappa shape index (κ3) is 7.60. The summed E-state index contributed by atoms with van der Waals surface area (Å²) < 4.78 is 11.7. The van der Waals surface area contributed by atoms with Crippen molar-refractivity contribution in [3.63, 3.8) is 0 Å². The van der Waals surface area contributed by atoms with Crippen molar-refractivity contribution < 1.29 is 24.2 Å². The summed E-state index contributed by atoms with van der Waals surface area (Å²) in [6.07, 6.45) is -0.202. The summed E-state index contributed by atoms with van der Waals surface area (Å²) in [5, 5.41) is 15.4.